The van der Waals surface area contributed by atoms with E-state index >= 15 is 0 Å². The fourth-order valence-corrected chi connectivity index (χ4v) is 3.01. The van der Waals surface area contributed by atoms with Gasteiger partial charge in [0.05, 0.1) is 17.1 Å². The predicted octanol–water partition coefficient (Wildman–Crippen LogP) is 2.69. The van der Waals surface area contributed by atoms with Crippen LogP contribution in [-0.2, 0) is 12.0 Å². The van der Waals surface area contributed by atoms with Gasteiger partial charge in [0.15, 0.2) is 0 Å². The number of hydrogen-bond donors (Lipinski definition) is 2. The van der Waals surface area contributed by atoms with Crippen molar-refractivity contribution in [3.8, 4) is 0 Å². The number of imidazole rings is 1. The molecule has 0 radical (unpaired) electrons. The Morgan fingerprint density at radius 1 is 1.35 bits per heavy atom. The maximum atomic E-state index is 9.48. The van der Waals surface area contributed by atoms with Gasteiger partial charge in [0.2, 0.25) is 0 Å². The van der Waals surface area contributed by atoms with Crippen molar-refractivity contribution in [2.24, 2.45) is 5.92 Å². The fourth-order valence-electron chi connectivity index (χ4n) is 3.01. The van der Waals surface area contributed by atoms with Crippen LogP contribution in [-0.4, -0.2) is 20.8 Å². The van der Waals surface area contributed by atoms with Crippen molar-refractivity contribution in [3.05, 3.63) is 24.0 Å². The molecule has 3 rings (SSSR count). The third kappa shape index (κ3) is 2.29. The van der Waals surface area contributed by atoms with E-state index in [1.54, 1.807) is 0 Å². The molecule has 0 atom stereocenters. The van der Waals surface area contributed by atoms with Crippen LogP contribution in [0.4, 0.5) is 5.69 Å². The van der Waals surface area contributed by atoms with Crippen LogP contribution < -0.4 is 5.73 Å². The van der Waals surface area contributed by atoms with Crippen LogP contribution in [0, 0.1) is 5.92 Å². The largest absolute Gasteiger partial charge is 0.399 e. The summed E-state index contributed by atoms with van der Waals surface area (Å²) in [6.45, 7) is 7.49. The molecule has 1 fully saturated rings. The van der Waals surface area contributed by atoms with E-state index in [0.717, 1.165) is 41.9 Å². The molecule has 1 heterocycles. The molecular formula is C16H23N3O. The lowest BCUT2D eigenvalue weighted by atomic mass is 9.82. The summed E-state index contributed by atoms with van der Waals surface area (Å²) in [6.07, 6.45) is 1.69. The zero-order chi connectivity index (χ0) is 14.5. The number of aliphatic hydroxyl groups excluding tert-OH is 1. The number of fused-ring (bicyclic) bond motifs is 1. The predicted molar refractivity (Wildman–Crippen MR) is 81.6 cm³/mol. The molecule has 2 aromatic rings. The van der Waals surface area contributed by atoms with Gasteiger partial charge >= 0.3 is 0 Å². The van der Waals surface area contributed by atoms with Gasteiger partial charge in [-0.3, -0.25) is 0 Å². The fraction of sp³-hybridized carbons (Fsp3) is 0.562. The topological polar surface area (TPSA) is 64.1 Å². The maximum absolute atomic E-state index is 9.48. The van der Waals surface area contributed by atoms with Gasteiger partial charge in [0, 0.05) is 17.6 Å². The average molecular weight is 273 g/mol. The van der Waals surface area contributed by atoms with Crippen molar-refractivity contribution in [2.45, 2.75) is 51.7 Å². The summed E-state index contributed by atoms with van der Waals surface area (Å²) in [6, 6.07) is 5.93. The average Bonchev–Trinajstić information content (AvgIpc) is 2.65. The second-order valence-electron chi connectivity index (χ2n) is 7.04. The molecule has 0 spiro atoms. The second-order valence-corrected chi connectivity index (χ2v) is 7.04. The third-order valence-corrected chi connectivity index (χ3v) is 4.09. The Morgan fingerprint density at radius 3 is 2.65 bits per heavy atom. The molecule has 1 aliphatic carbocycles. The number of rotatable bonds is 2. The summed E-state index contributed by atoms with van der Waals surface area (Å²) in [7, 11) is 0. The number of nitrogens with two attached hydrogens (primary N) is 1. The summed E-state index contributed by atoms with van der Waals surface area (Å²) >= 11 is 0. The zero-order valence-corrected chi connectivity index (χ0v) is 12.4. The molecule has 3 N–H and O–H groups in total. The Balaban J connectivity index is 2.06. The number of nitrogens with zero attached hydrogens (tertiary/aromatic N) is 2. The highest BCUT2D eigenvalue weighted by molar-refractivity contribution is 5.80. The smallest absolute Gasteiger partial charge is 0.115 e. The van der Waals surface area contributed by atoms with Crippen LogP contribution in [0.2, 0.25) is 0 Å². The first kappa shape index (κ1) is 13.4. The molecule has 0 bridgehead atoms. The molecule has 1 aromatic heterocycles. The van der Waals surface area contributed by atoms with Crippen molar-refractivity contribution in [1.29, 1.82) is 0 Å². The Hall–Kier alpha value is -1.55. The van der Waals surface area contributed by atoms with Crippen LogP contribution in [0.25, 0.3) is 11.0 Å². The quantitative estimate of drug-likeness (QED) is 0.827. The first-order valence-electron chi connectivity index (χ1n) is 7.29. The summed E-state index contributed by atoms with van der Waals surface area (Å²) in [4.78, 5) is 4.80. The highest BCUT2D eigenvalue weighted by Gasteiger charge is 2.30. The van der Waals surface area contributed by atoms with Crippen LogP contribution in [0.3, 0.4) is 0 Å². The van der Waals surface area contributed by atoms with Crippen LogP contribution in [0.5, 0.6) is 0 Å². The lowest BCUT2D eigenvalue weighted by molar-refractivity contribution is 0.0351. The lowest BCUT2D eigenvalue weighted by Gasteiger charge is -2.33. The molecule has 0 amide bonds. The summed E-state index contributed by atoms with van der Waals surface area (Å²) in [5, 5.41) is 9.48. The summed E-state index contributed by atoms with van der Waals surface area (Å²) in [5.41, 5.74) is 8.73. The summed E-state index contributed by atoms with van der Waals surface area (Å²) < 4.78 is 2.31. The molecule has 0 saturated heterocycles. The summed E-state index contributed by atoms with van der Waals surface area (Å²) in [5.74, 6) is 1.65. The number of anilines is 1. The zero-order valence-electron chi connectivity index (χ0n) is 12.4. The van der Waals surface area contributed by atoms with Gasteiger partial charge in [0.25, 0.3) is 0 Å². The van der Waals surface area contributed by atoms with Crippen molar-refractivity contribution in [1.82, 2.24) is 9.55 Å². The number of nitrogen functional groups attached to an aromatic ring is 1. The van der Waals surface area contributed by atoms with Crippen LogP contribution >= 0.6 is 0 Å². The molecule has 1 aliphatic rings. The monoisotopic (exact) mass is 273 g/mol. The van der Waals surface area contributed by atoms with Gasteiger partial charge in [-0.2, -0.15) is 0 Å². The molecule has 0 unspecified atom stereocenters. The molecule has 20 heavy (non-hydrogen) atoms. The Bertz CT molecular complexity index is 633. The first-order chi connectivity index (χ1) is 9.34. The van der Waals surface area contributed by atoms with Gasteiger partial charge < -0.3 is 15.4 Å². The Morgan fingerprint density at radius 2 is 2.05 bits per heavy atom. The van der Waals surface area contributed by atoms with Crippen LogP contribution in [0.15, 0.2) is 18.2 Å². The number of aliphatic hydroxyl groups is 1. The standard InChI is InChI=1S/C16H23N3O/c1-16(2,3)15-18-13-8-11(17)4-5-14(13)19(15)9-10-6-12(20)7-10/h4-5,8,10,12,20H,6-7,9,17H2,1-3H3. The van der Waals surface area contributed by atoms with Gasteiger partial charge in [0.1, 0.15) is 5.82 Å². The van der Waals surface area contributed by atoms with E-state index in [1.165, 1.54) is 0 Å². The van der Waals surface area contributed by atoms with Crippen molar-refractivity contribution >= 4 is 16.7 Å². The second kappa shape index (κ2) is 4.48. The van der Waals surface area contributed by atoms with Gasteiger partial charge in [-0.1, -0.05) is 20.8 Å². The highest BCUT2D eigenvalue weighted by Crippen LogP contribution is 2.33. The molecular weight excluding hydrogens is 250 g/mol. The third-order valence-electron chi connectivity index (χ3n) is 4.09. The van der Waals surface area contributed by atoms with Gasteiger partial charge in [-0.15, -0.1) is 0 Å². The van der Waals surface area contributed by atoms with Crippen molar-refractivity contribution in [2.75, 3.05) is 5.73 Å². The van der Waals surface area contributed by atoms with Gasteiger partial charge in [-0.05, 0) is 37.0 Å². The van der Waals surface area contributed by atoms with Gasteiger partial charge in [-0.25, -0.2) is 4.98 Å². The molecule has 4 nitrogen and oxygen atoms in total. The Kier molecular flexibility index (Phi) is 3.01. The van der Waals surface area contributed by atoms with Crippen molar-refractivity contribution < 1.29 is 5.11 Å². The first-order valence-corrected chi connectivity index (χ1v) is 7.29. The van der Waals surface area contributed by atoms with E-state index in [2.05, 4.69) is 31.4 Å². The minimum absolute atomic E-state index is 0.00382. The molecule has 108 valence electrons. The van der Waals surface area contributed by atoms with E-state index < -0.39 is 0 Å². The van der Waals surface area contributed by atoms with E-state index in [4.69, 9.17) is 10.7 Å². The van der Waals surface area contributed by atoms with E-state index in [0.29, 0.717) is 5.92 Å². The molecule has 4 heteroatoms. The minimum atomic E-state index is -0.108. The van der Waals surface area contributed by atoms with Crippen LogP contribution in [0.1, 0.15) is 39.4 Å². The maximum Gasteiger partial charge on any atom is 0.115 e. The molecule has 1 saturated carbocycles. The molecule has 0 aliphatic heterocycles. The van der Waals surface area contributed by atoms with E-state index in [-0.39, 0.29) is 11.5 Å². The highest BCUT2D eigenvalue weighted by atomic mass is 16.3. The SMILES string of the molecule is CC(C)(C)c1nc2cc(N)ccc2n1CC1CC(O)C1. The Labute approximate surface area is 119 Å². The number of hydrogen-bond acceptors (Lipinski definition) is 3. The lowest BCUT2D eigenvalue weighted by Crippen LogP contribution is -2.33. The van der Waals surface area contributed by atoms with Crippen molar-refractivity contribution in [3.63, 3.8) is 0 Å². The number of benzene rings is 1. The number of aromatic nitrogens is 2. The minimum Gasteiger partial charge on any atom is -0.399 e. The van der Waals surface area contributed by atoms with E-state index in [9.17, 15) is 5.11 Å². The van der Waals surface area contributed by atoms with E-state index in [1.807, 2.05) is 12.1 Å². The molecule has 1 aromatic carbocycles. The normalized spacial score (nSPS) is 23.0.